The zero-order valence-electron chi connectivity index (χ0n) is 8.58. The van der Waals surface area contributed by atoms with Crippen LogP contribution >= 0.6 is 0 Å². The SMILES string of the molecule is CC1CCN([C@H]2CCC[C@@H]2O)CC1. The molecular formula is C11H21NO. The third-order valence-corrected chi connectivity index (χ3v) is 3.73. The summed E-state index contributed by atoms with van der Waals surface area (Å²) in [6, 6.07) is 0.493. The van der Waals surface area contributed by atoms with E-state index in [0.29, 0.717) is 6.04 Å². The van der Waals surface area contributed by atoms with Crippen LogP contribution in [0.5, 0.6) is 0 Å². The molecule has 1 N–H and O–H groups in total. The maximum atomic E-state index is 9.77. The van der Waals surface area contributed by atoms with Crippen molar-refractivity contribution in [3.05, 3.63) is 0 Å². The standard InChI is InChI=1S/C11H21NO/c1-9-5-7-12(8-6-9)10-3-2-4-11(10)13/h9-11,13H,2-8H2,1H3/t10-,11-/m0/s1. The van der Waals surface area contributed by atoms with Crippen molar-refractivity contribution in [2.24, 2.45) is 5.92 Å². The molecule has 0 radical (unpaired) electrons. The van der Waals surface area contributed by atoms with E-state index in [1.807, 2.05) is 0 Å². The van der Waals surface area contributed by atoms with Gasteiger partial charge >= 0.3 is 0 Å². The zero-order valence-corrected chi connectivity index (χ0v) is 8.58. The molecule has 13 heavy (non-hydrogen) atoms. The molecule has 1 aliphatic carbocycles. The number of likely N-dealkylation sites (tertiary alicyclic amines) is 1. The van der Waals surface area contributed by atoms with Crippen LogP contribution in [-0.2, 0) is 0 Å². The quantitative estimate of drug-likeness (QED) is 0.668. The Morgan fingerprint density at radius 2 is 1.77 bits per heavy atom. The lowest BCUT2D eigenvalue weighted by molar-refractivity contribution is 0.0501. The van der Waals surface area contributed by atoms with Gasteiger partial charge in [0.25, 0.3) is 0 Å². The van der Waals surface area contributed by atoms with Crippen LogP contribution < -0.4 is 0 Å². The largest absolute Gasteiger partial charge is 0.391 e. The van der Waals surface area contributed by atoms with Crippen molar-refractivity contribution >= 4 is 0 Å². The molecule has 76 valence electrons. The van der Waals surface area contributed by atoms with E-state index in [4.69, 9.17) is 0 Å². The highest BCUT2D eigenvalue weighted by Gasteiger charge is 2.31. The molecule has 0 aromatic rings. The topological polar surface area (TPSA) is 23.5 Å². The smallest absolute Gasteiger partial charge is 0.0695 e. The van der Waals surface area contributed by atoms with Crippen molar-refractivity contribution in [3.8, 4) is 0 Å². The van der Waals surface area contributed by atoms with Crippen LogP contribution in [0.3, 0.4) is 0 Å². The van der Waals surface area contributed by atoms with Gasteiger partial charge in [0.2, 0.25) is 0 Å². The summed E-state index contributed by atoms with van der Waals surface area (Å²) in [6.07, 6.45) is 6.07. The Kier molecular flexibility index (Phi) is 2.89. The van der Waals surface area contributed by atoms with Crippen LogP contribution in [0.2, 0.25) is 0 Å². The molecule has 2 nitrogen and oxygen atoms in total. The van der Waals surface area contributed by atoms with E-state index >= 15 is 0 Å². The van der Waals surface area contributed by atoms with Gasteiger partial charge in [-0.25, -0.2) is 0 Å². The van der Waals surface area contributed by atoms with E-state index in [-0.39, 0.29) is 6.10 Å². The van der Waals surface area contributed by atoms with Crippen LogP contribution in [0.1, 0.15) is 39.0 Å². The summed E-state index contributed by atoms with van der Waals surface area (Å²) in [4.78, 5) is 2.51. The third kappa shape index (κ3) is 2.05. The molecule has 0 aromatic carbocycles. The number of hydrogen-bond donors (Lipinski definition) is 1. The summed E-state index contributed by atoms with van der Waals surface area (Å²) in [5.41, 5.74) is 0. The van der Waals surface area contributed by atoms with Gasteiger partial charge in [0.05, 0.1) is 6.10 Å². The highest BCUT2D eigenvalue weighted by Crippen LogP contribution is 2.27. The summed E-state index contributed by atoms with van der Waals surface area (Å²) >= 11 is 0. The molecule has 2 aliphatic rings. The fourth-order valence-electron chi connectivity index (χ4n) is 2.71. The van der Waals surface area contributed by atoms with Gasteiger partial charge in [0.1, 0.15) is 0 Å². The second-order valence-corrected chi connectivity index (χ2v) is 4.78. The Morgan fingerprint density at radius 1 is 1.08 bits per heavy atom. The lowest BCUT2D eigenvalue weighted by Crippen LogP contribution is -2.44. The van der Waals surface area contributed by atoms with E-state index < -0.39 is 0 Å². The summed E-state index contributed by atoms with van der Waals surface area (Å²) in [5, 5.41) is 9.77. The number of piperidine rings is 1. The molecular weight excluding hydrogens is 162 g/mol. The lowest BCUT2D eigenvalue weighted by atomic mass is 9.97. The van der Waals surface area contributed by atoms with E-state index in [2.05, 4.69) is 11.8 Å². The minimum Gasteiger partial charge on any atom is -0.391 e. The van der Waals surface area contributed by atoms with Crippen molar-refractivity contribution in [1.29, 1.82) is 0 Å². The molecule has 1 heterocycles. The first kappa shape index (κ1) is 9.47. The fraction of sp³-hybridized carbons (Fsp3) is 1.00. The molecule has 2 heteroatoms. The number of nitrogens with zero attached hydrogens (tertiary/aromatic N) is 1. The van der Waals surface area contributed by atoms with Crippen LogP contribution in [-0.4, -0.2) is 35.2 Å². The summed E-state index contributed by atoms with van der Waals surface area (Å²) in [6.45, 7) is 4.76. The Labute approximate surface area is 80.9 Å². The number of aliphatic hydroxyl groups is 1. The fourth-order valence-corrected chi connectivity index (χ4v) is 2.71. The predicted molar refractivity (Wildman–Crippen MR) is 53.6 cm³/mol. The van der Waals surface area contributed by atoms with Crippen LogP contribution in [0.25, 0.3) is 0 Å². The molecule has 0 aromatic heterocycles. The second-order valence-electron chi connectivity index (χ2n) is 4.78. The maximum Gasteiger partial charge on any atom is 0.0695 e. The van der Waals surface area contributed by atoms with Gasteiger partial charge in [-0.1, -0.05) is 6.92 Å². The minimum absolute atomic E-state index is 0.0339. The first-order chi connectivity index (χ1) is 6.27. The molecule has 0 spiro atoms. The van der Waals surface area contributed by atoms with Gasteiger partial charge in [-0.2, -0.15) is 0 Å². The molecule has 1 aliphatic heterocycles. The number of aliphatic hydroxyl groups excluding tert-OH is 1. The van der Waals surface area contributed by atoms with E-state index in [9.17, 15) is 5.11 Å². The van der Waals surface area contributed by atoms with E-state index in [1.54, 1.807) is 0 Å². The van der Waals surface area contributed by atoms with Gasteiger partial charge < -0.3 is 5.11 Å². The zero-order chi connectivity index (χ0) is 9.26. The lowest BCUT2D eigenvalue weighted by Gasteiger charge is -2.36. The number of hydrogen-bond acceptors (Lipinski definition) is 2. The summed E-state index contributed by atoms with van der Waals surface area (Å²) in [5.74, 6) is 0.898. The summed E-state index contributed by atoms with van der Waals surface area (Å²) < 4.78 is 0. The van der Waals surface area contributed by atoms with Gasteiger partial charge in [-0.05, 0) is 51.1 Å². The van der Waals surface area contributed by atoms with Gasteiger partial charge in [-0.3, -0.25) is 4.90 Å². The maximum absolute atomic E-state index is 9.77. The average molecular weight is 183 g/mol. The predicted octanol–water partition coefficient (Wildman–Crippen LogP) is 1.63. The Hall–Kier alpha value is -0.0800. The molecule has 2 atom stereocenters. The normalized spacial score (nSPS) is 38.3. The third-order valence-electron chi connectivity index (χ3n) is 3.73. The van der Waals surface area contributed by atoms with Crippen LogP contribution in [0, 0.1) is 5.92 Å². The monoisotopic (exact) mass is 183 g/mol. The average Bonchev–Trinajstić information content (AvgIpc) is 2.53. The first-order valence-electron chi connectivity index (χ1n) is 5.69. The Balaban J connectivity index is 1.86. The molecule has 2 rings (SSSR count). The molecule has 1 saturated heterocycles. The molecule has 0 bridgehead atoms. The van der Waals surface area contributed by atoms with Crippen LogP contribution in [0.15, 0.2) is 0 Å². The molecule has 1 saturated carbocycles. The first-order valence-corrected chi connectivity index (χ1v) is 5.69. The summed E-state index contributed by atoms with van der Waals surface area (Å²) in [7, 11) is 0. The van der Waals surface area contributed by atoms with Crippen LogP contribution in [0.4, 0.5) is 0 Å². The highest BCUT2D eigenvalue weighted by molar-refractivity contribution is 4.87. The molecule has 0 amide bonds. The highest BCUT2D eigenvalue weighted by atomic mass is 16.3. The molecule has 2 fully saturated rings. The Bertz CT molecular complexity index is 163. The van der Waals surface area contributed by atoms with Crippen molar-refractivity contribution in [1.82, 2.24) is 4.90 Å². The molecule has 0 unspecified atom stereocenters. The van der Waals surface area contributed by atoms with E-state index in [0.717, 1.165) is 12.3 Å². The second kappa shape index (κ2) is 3.97. The van der Waals surface area contributed by atoms with Crippen molar-refractivity contribution in [3.63, 3.8) is 0 Å². The van der Waals surface area contributed by atoms with Gasteiger partial charge in [0, 0.05) is 6.04 Å². The van der Waals surface area contributed by atoms with Gasteiger partial charge in [0.15, 0.2) is 0 Å². The number of rotatable bonds is 1. The van der Waals surface area contributed by atoms with Crippen molar-refractivity contribution in [2.75, 3.05) is 13.1 Å². The van der Waals surface area contributed by atoms with Crippen molar-refractivity contribution < 1.29 is 5.11 Å². The van der Waals surface area contributed by atoms with Crippen molar-refractivity contribution in [2.45, 2.75) is 51.2 Å². The van der Waals surface area contributed by atoms with Gasteiger partial charge in [-0.15, -0.1) is 0 Å². The minimum atomic E-state index is -0.0339. The Morgan fingerprint density at radius 3 is 2.31 bits per heavy atom. The van der Waals surface area contributed by atoms with E-state index in [1.165, 1.54) is 38.8 Å².